The minimum absolute atomic E-state index is 0.0238. The Balaban J connectivity index is 1.75. The van der Waals surface area contributed by atoms with Crippen molar-refractivity contribution in [2.24, 2.45) is 0 Å². The highest BCUT2D eigenvalue weighted by Gasteiger charge is 2.37. The first-order valence-electron chi connectivity index (χ1n) is 11.5. The minimum atomic E-state index is -0.711. The first-order chi connectivity index (χ1) is 17.8. The third kappa shape index (κ3) is 4.27. The van der Waals surface area contributed by atoms with Gasteiger partial charge in [-0.05, 0) is 30.2 Å². The van der Waals surface area contributed by atoms with Gasteiger partial charge in [-0.3, -0.25) is 9.59 Å². The van der Waals surface area contributed by atoms with Crippen LogP contribution in [0.2, 0.25) is 0 Å². The summed E-state index contributed by atoms with van der Waals surface area (Å²) in [6.45, 7) is 5.98. The van der Waals surface area contributed by atoms with Crippen LogP contribution in [0.5, 0.6) is 28.7 Å². The Bertz CT molecular complexity index is 1600. The highest BCUT2D eigenvalue weighted by atomic mass is 16.5. The zero-order chi connectivity index (χ0) is 26.3. The molecule has 2 heterocycles. The van der Waals surface area contributed by atoms with Gasteiger partial charge in [0.25, 0.3) is 0 Å². The van der Waals surface area contributed by atoms with Gasteiger partial charge in [-0.25, -0.2) is 0 Å². The standard InChI is InChI=1S/C29H24O8/c1-15(2)14-35-20-10-9-17(11-22(20)34-3)18-12-23(31)37-29-24(18)28-25(26(32)27(29)33)19(30)13-21(36-28)16-7-5-4-6-8-16/h4-11,13,18,32-33H,1,12,14H2,2-3H3/t18-/m1/s1. The fourth-order valence-electron chi connectivity index (χ4n) is 4.46. The molecule has 0 bridgehead atoms. The normalized spacial score (nSPS) is 14.6. The van der Waals surface area contributed by atoms with Gasteiger partial charge >= 0.3 is 5.97 Å². The topological polar surface area (TPSA) is 115 Å². The monoisotopic (exact) mass is 500 g/mol. The highest BCUT2D eigenvalue weighted by molar-refractivity contribution is 5.96. The van der Waals surface area contributed by atoms with Gasteiger partial charge < -0.3 is 28.8 Å². The Labute approximate surface area is 212 Å². The number of aromatic hydroxyl groups is 2. The molecular formula is C29H24O8. The summed E-state index contributed by atoms with van der Waals surface area (Å²) in [5.41, 5.74) is 1.87. The van der Waals surface area contributed by atoms with Gasteiger partial charge in [-0.1, -0.05) is 43.0 Å². The summed E-state index contributed by atoms with van der Waals surface area (Å²) < 4.78 is 22.8. The van der Waals surface area contributed by atoms with E-state index in [2.05, 4.69) is 6.58 Å². The SMILES string of the molecule is C=C(C)COc1ccc([C@H]2CC(=O)Oc3c(O)c(O)c4c(=O)cc(-c5ccccc5)oc4c32)cc1OC. The van der Waals surface area contributed by atoms with Crippen LogP contribution in [0.15, 0.2) is 76.0 Å². The maximum atomic E-state index is 13.1. The van der Waals surface area contributed by atoms with Crippen molar-refractivity contribution in [1.82, 2.24) is 0 Å². The molecular weight excluding hydrogens is 476 g/mol. The van der Waals surface area contributed by atoms with E-state index in [9.17, 15) is 19.8 Å². The van der Waals surface area contributed by atoms with Crippen molar-refractivity contribution in [2.45, 2.75) is 19.3 Å². The van der Waals surface area contributed by atoms with Crippen LogP contribution in [0.3, 0.4) is 0 Å². The van der Waals surface area contributed by atoms with E-state index in [4.69, 9.17) is 18.6 Å². The number of phenols is 2. The summed E-state index contributed by atoms with van der Waals surface area (Å²) in [6, 6.07) is 15.4. The molecule has 2 N–H and O–H groups in total. The smallest absolute Gasteiger partial charge is 0.312 e. The number of rotatable bonds is 6. The molecule has 188 valence electrons. The predicted octanol–water partition coefficient (Wildman–Crippen LogP) is 5.28. The summed E-state index contributed by atoms with van der Waals surface area (Å²) in [5.74, 6) is -1.77. The summed E-state index contributed by atoms with van der Waals surface area (Å²) in [4.78, 5) is 25.7. The van der Waals surface area contributed by atoms with Gasteiger partial charge in [0.15, 0.2) is 28.4 Å². The molecule has 1 atom stereocenters. The van der Waals surface area contributed by atoms with E-state index < -0.39 is 28.8 Å². The Morgan fingerprint density at radius 2 is 1.81 bits per heavy atom. The van der Waals surface area contributed by atoms with Crippen LogP contribution < -0.4 is 19.6 Å². The van der Waals surface area contributed by atoms with Crippen LogP contribution in [0.1, 0.15) is 30.4 Å². The molecule has 4 aromatic rings. The van der Waals surface area contributed by atoms with Crippen molar-refractivity contribution in [1.29, 1.82) is 0 Å². The maximum Gasteiger partial charge on any atom is 0.312 e. The van der Waals surface area contributed by atoms with Gasteiger partial charge in [0, 0.05) is 17.5 Å². The lowest BCUT2D eigenvalue weighted by Crippen LogP contribution is -2.22. The van der Waals surface area contributed by atoms with Crippen molar-refractivity contribution in [2.75, 3.05) is 13.7 Å². The lowest BCUT2D eigenvalue weighted by atomic mass is 9.84. The molecule has 8 nitrogen and oxygen atoms in total. The fraction of sp³-hybridized carbons (Fsp3) is 0.172. The van der Waals surface area contributed by atoms with Crippen LogP contribution >= 0.6 is 0 Å². The lowest BCUT2D eigenvalue weighted by molar-refractivity contribution is -0.135. The molecule has 0 unspecified atom stereocenters. The first-order valence-corrected chi connectivity index (χ1v) is 11.5. The summed E-state index contributed by atoms with van der Waals surface area (Å²) in [6.07, 6.45) is -0.0965. The summed E-state index contributed by atoms with van der Waals surface area (Å²) in [5, 5.41) is 21.2. The molecule has 1 aliphatic heterocycles. The van der Waals surface area contributed by atoms with Crippen molar-refractivity contribution in [3.05, 3.63) is 88.1 Å². The molecule has 37 heavy (non-hydrogen) atoms. The average molecular weight is 501 g/mol. The number of carbonyl (C=O) groups is 1. The minimum Gasteiger partial charge on any atom is -0.504 e. The maximum absolute atomic E-state index is 13.1. The molecule has 0 aliphatic carbocycles. The summed E-state index contributed by atoms with van der Waals surface area (Å²) in [7, 11) is 1.50. The van der Waals surface area contributed by atoms with Gasteiger partial charge in [0.05, 0.1) is 19.1 Å². The van der Waals surface area contributed by atoms with Crippen molar-refractivity contribution in [3.63, 3.8) is 0 Å². The average Bonchev–Trinajstić information content (AvgIpc) is 2.90. The zero-order valence-electron chi connectivity index (χ0n) is 20.2. The molecule has 1 aliphatic rings. The van der Waals surface area contributed by atoms with Crippen LogP contribution in [-0.2, 0) is 4.79 Å². The molecule has 5 rings (SSSR count). The van der Waals surface area contributed by atoms with Crippen LogP contribution in [0, 0.1) is 0 Å². The second-order valence-corrected chi connectivity index (χ2v) is 8.87. The van der Waals surface area contributed by atoms with Crippen LogP contribution in [-0.4, -0.2) is 29.9 Å². The number of phenolic OH excluding ortho intramolecular Hbond substituents is 2. The number of carbonyl (C=O) groups excluding carboxylic acids is 1. The number of hydrogen-bond acceptors (Lipinski definition) is 8. The molecule has 0 radical (unpaired) electrons. The van der Waals surface area contributed by atoms with Gasteiger partial charge in [-0.2, -0.15) is 0 Å². The second-order valence-electron chi connectivity index (χ2n) is 8.87. The summed E-state index contributed by atoms with van der Waals surface area (Å²) >= 11 is 0. The molecule has 0 fully saturated rings. The van der Waals surface area contributed by atoms with Gasteiger partial charge in [0.1, 0.15) is 23.3 Å². The van der Waals surface area contributed by atoms with E-state index in [1.54, 1.807) is 42.5 Å². The van der Waals surface area contributed by atoms with E-state index >= 15 is 0 Å². The Hall–Kier alpha value is -4.72. The van der Waals surface area contributed by atoms with Crippen LogP contribution in [0.4, 0.5) is 0 Å². The molecule has 0 saturated heterocycles. The Morgan fingerprint density at radius 1 is 1.05 bits per heavy atom. The van der Waals surface area contributed by atoms with E-state index in [0.717, 1.165) is 5.57 Å². The predicted molar refractivity (Wildman–Crippen MR) is 137 cm³/mol. The third-order valence-corrected chi connectivity index (χ3v) is 6.17. The number of fused-ring (bicyclic) bond motifs is 3. The van der Waals surface area contributed by atoms with E-state index in [-0.39, 0.29) is 34.5 Å². The van der Waals surface area contributed by atoms with Crippen molar-refractivity contribution >= 4 is 16.9 Å². The molecule has 3 aromatic carbocycles. The van der Waals surface area contributed by atoms with Crippen molar-refractivity contribution < 1.29 is 33.6 Å². The fourth-order valence-corrected chi connectivity index (χ4v) is 4.46. The highest BCUT2D eigenvalue weighted by Crippen LogP contribution is 2.52. The molecule has 0 amide bonds. The number of hydrogen-bond donors (Lipinski definition) is 2. The first kappa shape index (κ1) is 24.0. The number of esters is 1. The number of ether oxygens (including phenoxy) is 3. The lowest BCUT2D eigenvalue weighted by Gasteiger charge is -2.27. The van der Waals surface area contributed by atoms with E-state index in [0.29, 0.717) is 29.2 Å². The van der Waals surface area contributed by atoms with Crippen LogP contribution in [0.25, 0.3) is 22.3 Å². The van der Waals surface area contributed by atoms with Gasteiger partial charge in [-0.15, -0.1) is 0 Å². The zero-order valence-corrected chi connectivity index (χ0v) is 20.2. The molecule has 1 aromatic heterocycles. The number of methoxy groups -OCH3 is 1. The molecule has 8 heteroatoms. The number of benzene rings is 3. The Kier molecular flexibility index (Phi) is 6.09. The second kappa shape index (κ2) is 9.39. The van der Waals surface area contributed by atoms with Gasteiger partial charge in [0.2, 0.25) is 5.75 Å². The van der Waals surface area contributed by atoms with E-state index in [1.165, 1.54) is 13.2 Å². The Morgan fingerprint density at radius 3 is 2.51 bits per heavy atom. The van der Waals surface area contributed by atoms with Crippen molar-refractivity contribution in [3.8, 4) is 40.1 Å². The third-order valence-electron chi connectivity index (χ3n) is 6.17. The quantitative estimate of drug-likeness (QED) is 0.159. The molecule has 0 spiro atoms. The molecule has 0 saturated carbocycles. The van der Waals surface area contributed by atoms with E-state index in [1.807, 2.05) is 13.0 Å². The largest absolute Gasteiger partial charge is 0.504 e.